The summed E-state index contributed by atoms with van der Waals surface area (Å²) >= 11 is 1.22. The smallest absolute Gasteiger partial charge is 0.256 e. The van der Waals surface area contributed by atoms with Gasteiger partial charge in [0.1, 0.15) is 5.75 Å². The molecule has 1 aromatic heterocycles. The van der Waals surface area contributed by atoms with Gasteiger partial charge < -0.3 is 10.1 Å². The first-order valence-electron chi connectivity index (χ1n) is 6.35. The first-order chi connectivity index (χ1) is 9.09. The summed E-state index contributed by atoms with van der Waals surface area (Å²) in [5.74, 6) is 0.834. The second-order valence-electron chi connectivity index (χ2n) is 4.71. The molecule has 1 aromatic rings. The summed E-state index contributed by atoms with van der Waals surface area (Å²) < 4.78 is 32.3. The third-order valence-corrected chi connectivity index (χ3v) is 6.65. The lowest BCUT2D eigenvalue weighted by atomic mass is 10.00. The van der Waals surface area contributed by atoms with Gasteiger partial charge in [-0.05, 0) is 43.8 Å². The SMILES string of the molecule is CNC[C@@H]1CCCN(S(=O)(=O)c2sccc2OC)C1. The van der Waals surface area contributed by atoms with Gasteiger partial charge in [-0.3, -0.25) is 0 Å². The Kier molecular flexibility index (Phi) is 4.83. The van der Waals surface area contributed by atoms with Crippen molar-refractivity contribution in [1.82, 2.24) is 9.62 Å². The van der Waals surface area contributed by atoms with E-state index in [1.807, 2.05) is 7.05 Å². The Morgan fingerprint density at radius 3 is 3.05 bits per heavy atom. The molecule has 2 heterocycles. The second-order valence-corrected chi connectivity index (χ2v) is 7.75. The normalized spacial score (nSPS) is 21.5. The summed E-state index contributed by atoms with van der Waals surface area (Å²) in [5.41, 5.74) is 0. The van der Waals surface area contributed by atoms with Crippen molar-refractivity contribution in [2.45, 2.75) is 17.1 Å². The zero-order chi connectivity index (χ0) is 13.9. The average molecular weight is 304 g/mol. The number of piperidine rings is 1. The quantitative estimate of drug-likeness (QED) is 0.893. The van der Waals surface area contributed by atoms with Crippen molar-refractivity contribution in [2.24, 2.45) is 5.92 Å². The highest BCUT2D eigenvalue weighted by atomic mass is 32.2. The van der Waals surface area contributed by atoms with E-state index < -0.39 is 10.0 Å². The molecule has 1 saturated heterocycles. The van der Waals surface area contributed by atoms with E-state index in [4.69, 9.17) is 4.74 Å². The lowest BCUT2D eigenvalue weighted by Crippen LogP contribution is -2.42. The van der Waals surface area contributed by atoms with Crippen molar-refractivity contribution in [1.29, 1.82) is 0 Å². The van der Waals surface area contributed by atoms with Crippen LogP contribution in [0.2, 0.25) is 0 Å². The van der Waals surface area contributed by atoms with Crippen LogP contribution < -0.4 is 10.1 Å². The van der Waals surface area contributed by atoms with Gasteiger partial charge in [0.2, 0.25) is 0 Å². The molecule has 7 heteroatoms. The fourth-order valence-corrected chi connectivity index (χ4v) is 5.41. The minimum atomic E-state index is -3.41. The number of nitrogens with one attached hydrogen (secondary N) is 1. The molecular formula is C12H20N2O3S2. The van der Waals surface area contributed by atoms with Gasteiger partial charge in [-0.15, -0.1) is 11.3 Å². The topological polar surface area (TPSA) is 58.6 Å². The van der Waals surface area contributed by atoms with E-state index in [1.165, 1.54) is 18.4 Å². The first-order valence-corrected chi connectivity index (χ1v) is 8.67. The number of thiophene rings is 1. The number of nitrogens with zero attached hydrogens (tertiary/aromatic N) is 1. The molecule has 1 fully saturated rings. The molecule has 0 saturated carbocycles. The van der Waals surface area contributed by atoms with Crippen molar-refractivity contribution in [3.63, 3.8) is 0 Å². The zero-order valence-corrected chi connectivity index (χ0v) is 12.9. The van der Waals surface area contributed by atoms with Crippen molar-refractivity contribution < 1.29 is 13.2 Å². The summed E-state index contributed by atoms with van der Waals surface area (Å²) in [6.45, 7) is 2.04. The van der Waals surface area contributed by atoms with Gasteiger partial charge in [0, 0.05) is 13.1 Å². The molecule has 0 aliphatic carbocycles. The Labute approximate surface area is 118 Å². The lowest BCUT2D eigenvalue weighted by molar-refractivity contribution is 0.263. The van der Waals surface area contributed by atoms with E-state index in [0.29, 0.717) is 29.0 Å². The number of hydrogen-bond donors (Lipinski definition) is 1. The summed E-state index contributed by atoms with van der Waals surface area (Å²) in [5, 5.41) is 4.87. The van der Waals surface area contributed by atoms with E-state index in [0.717, 1.165) is 19.4 Å². The zero-order valence-electron chi connectivity index (χ0n) is 11.3. The summed E-state index contributed by atoms with van der Waals surface area (Å²) in [7, 11) is -0.0140. The molecule has 1 atom stereocenters. The molecule has 2 rings (SSSR count). The molecule has 5 nitrogen and oxygen atoms in total. The molecule has 108 valence electrons. The molecule has 1 aliphatic rings. The minimum absolute atomic E-state index is 0.320. The van der Waals surface area contributed by atoms with Crippen LogP contribution >= 0.6 is 11.3 Å². The standard InChI is InChI=1S/C12H20N2O3S2/c1-13-8-10-4-3-6-14(9-10)19(15,16)12-11(17-2)5-7-18-12/h5,7,10,13H,3-4,6,8-9H2,1-2H3/t10-/m0/s1. The number of rotatable bonds is 5. The molecule has 0 amide bonds. The Morgan fingerprint density at radius 1 is 1.58 bits per heavy atom. The van der Waals surface area contributed by atoms with E-state index in [9.17, 15) is 8.42 Å². The molecule has 0 unspecified atom stereocenters. The highest BCUT2D eigenvalue weighted by Gasteiger charge is 2.32. The average Bonchev–Trinajstić information content (AvgIpc) is 2.88. The molecular weight excluding hydrogens is 284 g/mol. The van der Waals surface area contributed by atoms with Gasteiger partial charge in [0.25, 0.3) is 10.0 Å². The van der Waals surface area contributed by atoms with Crippen molar-refractivity contribution in [3.05, 3.63) is 11.4 Å². The van der Waals surface area contributed by atoms with Crippen molar-refractivity contribution in [2.75, 3.05) is 33.8 Å². The Morgan fingerprint density at radius 2 is 2.37 bits per heavy atom. The largest absolute Gasteiger partial charge is 0.494 e. The molecule has 0 radical (unpaired) electrons. The highest BCUT2D eigenvalue weighted by molar-refractivity contribution is 7.91. The van der Waals surface area contributed by atoms with Crippen molar-refractivity contribution >= 4 is 21.4 Å². The van der Waals surface area contributed by atoms with Gasteiger partial charge in [-0.25, -0.2) is 8.42 Å². The lowest BCUT2D eigenvalue weighted by Gasteiger charge is -2.31. The third-order valence-electron chi connectivity index (χ3n) is 3.36. The minimum Gasteiger partial charge on any atom is -0.494 e. The monoisotopic (exact) mass is 304 g/mol. The van der Waals surface area contributed by atoms with Crippen LogP contribution in [-0.4, -0.2) is 46.5 Å². The third kappa shape index (κ3) is 3.10. The van der Waals surface area contributed by atoms with Crippen LogP contribution in [0.5, 0.6) is 5.75 Å². The molecule has 19 heavy (non-hydrogen) atoms. The maximum absolute atomic E-state index is 12.6. The molecule has 0 bridgehead atoms. The predicted octanol–water partition coefficient (Wildman–Crippen LogP) is 1.38. The van der Waals surface area contributed by atoms with Gasteiger partial charge in [0.15, 0.2) is 4.21 Å². The molecule has 0 aromatic carbocycles. The predicted molar refractivity (Wildman–Crippen MR) is 76.3 cm³/mol. The fourth-order valence-electron chi connectivity index (χ4n) is 2.44. The van der Waals surface area contributed by atoms with E-state index in [-0.39, 0.29) is 0 Å². The fraction of sp³-hybridized carbons (Fsp3) is 0.667. The number of ether oxygens (including phenoxy) is 1. The maximum Gasteiger partial charge on any atom is 0.256 e. The summed E-state index contributed by atoms with van der Waals surface area (Å²) in [6, 6.07) is 1.70. The Hall–Kier alpha value is -0.630. The number of sulfonamides is 1. The first kappa shape index (κ1) is 14.8. The van der Waals surface area contributed by atoms with Crippen molar-refractivity contribution in [3.8, 4) is 5.75 Å². The van der Waals surface area contributed by atoms with Crippen LogP contribution in [0.25, 0.3) is 0 Å². The van der Waals surface area contributed by atoms with Gasteiger partial charge in [-0.1, -0.05) is 0 Å². The van der Waals surface area contributed by atoms with E-state index in [1.54, 1.807) is 15.8 Å². The van der Waals surface area contributed by atoms with Gasteiger partial charge >= 0.3 is 0 Å². The van der Waals surface area contributed by atoms with Crippen LogP contribution in [0.15, 0.2) is 15.7 Å². The van der Waals surface area contributed by atoms with Crippen LogP contribution in [0.3, 0.4) is 0 Å². The van der Waals surface area contributed by atoms with Gasteiger partial charge in [-0.2, -0.15) is 4.31 Å². The highest BCUT2D eigenvalue weighted by Crippen LogP contribution is 2.33. The van der Waals surface area contributed by atoms with E-state index >= 15 is 0 Å². The van der Waals surface area contributed by atoms with Crippen LogP contribution in [0, 0.1) is 5.92 Å². The summed E-state index contributed by atoms with van der Waals surface area (Å²) in [6.07, 6.45) is 1.99. The Bertz CT molecular complexity index is 511. The maximum atomic E-state index is 12.6. The molecule has 1 aliphatic heterocycles. The van der Waals surface area contributed by atoms with Crippen LogP contribution in [0.4, 0.5) is 0 Å². The second kappa shape index (κ2) is 6.21. The summed E-state index contributed by atoms with van der Waals surface area (Å²) in [4.78, 5) is 0. The number of methoxy groups -OCH3 is 1. The van der Waals surface area contributed by atoms with Crippen LogP contribution in [0.1, 0.15) is 12.8 Å². The molecule has 1 N–H and O–H groups in total. The number of hydrogen-bond acceptors (Lipinski definition) is 5. The van der Waals surface area contributed by atoms with Gasteiger partial charge in [0.05, 0.1) is 7.11 Å². The Balaban J connectivity index is 2.20. The van der Waals surface area contributed by atoms with Crippen LogP contribution in [-0.2, 0) is 10.0 Å². The van der Waals surface area contributed by atoms with E-state index in [2.05, 4.69) is 5.32 Å². The molecule has 0 spiro atoms.